The van der Waals surface area contributed by atoms with E-state index in [1.54, 1.807) is 16.9 Å². The molecule has 0 aliphatic heterocycles. The number of primary amides is 1. The minimum atomic E-state index is -0.590. The topological polar surface area (TPSA) is 76.3 Å². The molecule has 5 nitrogen and oxygen atoms in total. The second-order valence-corrected chi connectivity index (χ2v) is 6.69. The van der Waals surface area contributed by atoms with Crippen molar-refractivity contribution in [3.05, 3.63) is 29.6 Å². The van der Waals surface area contributed by atoms with E-state index in [1.165, 1.54) is 23.1 Å². The maximum atomic E-state index is 11.8. The fraction of sp³-hybridized carbons (Fsp3) is 0.417. The van der Waals surface area contributed by atoms with E-state index in [-0.39, 0.29) is 11.5 Å². The van der Waals surface area contributed by atoms with E-state index in [0.717, 1.165) is 12.3 Å². The summed E-state index contributed by atoms with van der Waals surface area (Å²) in [7, 11) is 7.23. The zero-order valence-corrected chi connectivity index (χ0v) is 12.6. The first-order valence-corrected chi connectivity index (χ1v) is 8.17. The molecule has 2 N–H and O–H groups in total. The van der Waals surface area contributed by atoms with Gasteiger partial charge >= 0.3 is 0 Å². The van der Waals surface area contributed by atoms with Crippen LogP contribution in [0.2, 0.25) is 0 Å². The van der Waals surface area contributed by atoms with Gasteiger partial charge in [0.25, 0.3) is 5.91 Å². The number of rotatable bonds is 8. The van der Waals surface area contributed by atoms with Crippen molar-refractivity contribution in [2.24, 2.45) is 5.73 Å². The fourth-order valence-electron chi connectivity index (χ4n) is 1.16. The summed E-state index contributed by atoms with van der Waals surface area (Å²) in [5, 5.41) is 0. The number of carbonyl (C=O) groups excluding carboxylic acids is 2. The molecule has 0 bridgehead atoms. The Kier molecular flexibility index (Phi) is 6.90. The van der Waals surface area contributed by atoms with Gasteiger partial charge in [0.05, 0.1) is 5.75 Å². The molecule has 7 heteroatoms. The van der Waals surface area contributed by atoms with Crippen LogP contribution in [-0.2, 0) is 0 Å². The van der Waals surface area contributed by atoms with Crippen LogP contribution in [0.3, 0.4) is 0 Å². The summed E-state index contributed by atoms with van der Waals surface area (Å²) >= 11 is 0. The molecule has 0 aliphatic carbocycles. The van der Waals surface area contributed by atoms with Gasteiger partial charge in [0.15, 0.2) is 5.78 Å². The van der Waals surface area contributed by atoms with Crippen LogP contribution in [0.25, 0.3) is 0 Å². The number of pyridine rings is 1. The highest BCUT2D eigenvalue weighted by atomic mass is 33.1. The molecule has 0 saturated carbocycles. The number of hydrogen-bond donors (Lipinski definition) is 1. The normalized spacial score (nSPS) is 10.7. The number of nitrogens with two attached hydrogens (primary N) is 1. The van der Waals surface area contributed by atoms with Gasteiger partial charge in [0.2, 0.25) is 0 Å². The van der Waals surface area contributed by atoms with Crippen molar-refractivity contribution in [3.8, 4) is 0 Å². The van der Waals surface area contributed by atoms with Gasteiger partial charge in [-0.1, -0.05) is 21.6 Å². The Morgan fingerprint density at radius 3 is 2.58 bits per heavy atom. The number of hydrogen-bond acceptors (Lipinski definition) is 6. The molecule has 1 aromatic rings. The molecule has 104 valence electrons. The van der Waals surface area contributed by atoms with E-state index < -0.39 is 5.91 Å². The smallest absolute Gasteiger partial charge is 0.267 e. The Hall–Kier alpha value is -1.05. The van der Waals surface area contributed by atoms with Crippen LogP contribution >= 0.6 is 21.6 Å². The Balaban J connectivity index is 2.35. The largest absolute Gasteiger partial charge is 0.364 e. The fourth-order valence-corrected chi connectivity index (χ4v) is 3.22. The van der Waals surface area contributed by atoms with Gasteiger partial charge in [0, 0.05) is 24.1 Å². The molecule has 0 unspecified atom stereocenters. The molecule has 1 amide bonds. The van der Waals surface area contributed by atoms with Gasteiger partial charge in [-0.05, 0) is 26.2 Å². The molecular formula is C12H17N3O2S2. The van der Waals surface area contributed by atoms with Crippen molar-refractivity contribution in [1.29, 1.82) is 0 Å². The summed E-state index contributed by atoms with van der Waals surface area (Å²) in [5.41, 5.74) is 5.76. The highest BCUT2D eigenvalue weighted by Crippen LogP contribution is 2.21. The van der Waals surface area contributed by atoms with Crippen LogP contribution < -0.4 is 5.73 Å². The van der Waals surface area contributed by atoms with Gasteiger partial charge in [-0.2, -0.15) is 0 Å². The van der Waals surface area contributed by atoms with Gasteiger partial charge in [0.1, 0.15) is 5.69 Å². The van der Waals surface area contributed by atoms with Crippen molar-refractivity contribution < 1.29 is 9.59 Å². The highest BCUT2D eigenvalue weighted by molar-refractivity contribution is 8.76. The Morgan fingerprint density at radius 2 is 2.05 bits per heavy atom. The third-order valence-corrected chi connectivity index (χ3v) is 4.48. The van der Waals surface area contributed by atoms with E-state index in [1.807, 2.05) is 14.1 Å². The molecule has 19 heavy (non-hydrogen) atoms. The van der Waals surface area contributed by atoms with Gasteiger partial charge < -0.3 is 10.6 Å². The van der Waals surface area contributed by atoms with Crippen molar-refractivity contribution in [3.63, 3.8) is 0 Å². The van der Waals surface area contributed by atoms with Crippen molar-refractivity contribution in [2.45, 2.75) is 0 Å². The standard InChI is InChI=1S/C12H17N3O2S2/c1-15(2)5-6-18-19-8-11(16)9-3-4-10(12(13)17)14-7-9/h3-4,7H,5-6,8H2,1-2H3,(H2,13,17). The summed E-state index contributed by atoms with van der Waals surface area (Å²) in [5.74, 6) is 0.790. The quantitative estimate of drug-likeness (QED) is 0.443. The first-order chi connectivity index (χ1) is 9.00. The average Bonchev–Trinajstić information content (AvgIpc) is 2.37. The predicted molar refractivity (Wildman–Crippen MR) is 80.6 cm³/mol. The lowest BCUT2D eigenvalue weighted by Gasteiger charge is -2.07. The summed E-state index contributed by atoms with van der Waals surface area (Å²) in [6.45, 7) is 0.987. The summed E-state index contributed by atoms with van der Waals surface area (Å²) < 4.78 is 0. The molecule has 0 atom stereocenters. The molecule has 0 aliphatic rings. The van der Waals surface area contributed by atoms with E-state index in [9.17, 15) is 9.59 Å². The zero-order valence-electron chi connectivity index (χ0n) is 11.0. The van der Waals surface area contributed by atoms with E-state index >= 15 is 0 Å². The number of aromatic nitrogens is 1. The summed E-state index contributed by atoms with van der Waals surface area (Å²) in [6, 6.07) is 3.06. The number of carbonyl (C=O) groups is 2. The maximum absolute atomic E-state index is 11.8. The van der Waals surface area contributed by atoms with Crippen LogP contribution in [0.5, 0.6) is 0 Å². The summed E-state index contributed by atoms with van der Waals surface area (Å²) in [6.07, 6.45) is 1.40. The first kappa shape index (κ1) is 16.0. The van der Waals surface area contributed by atoms with E-state index in [4.69, 9.17) is 5.73 Å². The average molecular weight is 299 g/mol. The number of nitrogens with zero attached hydrogens (tertiary/aromatic N) is 2. The van der Waals surface area contributed by atoms with E-state index in [0.29, 0.717) is 11.3 Å². The SMILES string of the molecule is CN(C)CCSSCC(=O)c1ccc(C(N)=O)nc1. The molecule has 0 aromatic carbocycles. The first-order valence-electron chi connectivity index (χ1n) is 5.69. The molecular weight excluding hydrogens is 282 g/mol. The molecule has 0 radical (unpaired) electrons. The Bertz CT molecular complexity index is 435. The van der Waals surface area contributed by atoms with Crippen LogP contribution in [0.15, 0.2) is 18.3 Å². The van der Waals surface area contributed by atoms with Crippen LogP contribution in [-0.4, -0.2) is 53.7 Å². The third-order valence-electron chi connectivity index (χ3n) is 2.23. The third kappa shape index (κ3) is 6.09. The lowest BCUT2D eigenvalue weighted by atomic mass is 10.2. The zero-order chi connectivity index (χ0) is 14.3. The minimum absolute atomic E-state index is 0.00544. The van der Waals surface area contributed by atoms with Gasteiger partial charge in [-0.25, -0.2) is 0 Å². The van der Waals surface area contributed by atoms with E-state index in [2.05, 4.69) is 9.88 Å². The lowest BCUT2D eigenvalue weighted by molar-refractivity contribution is 0.0989. The Labute approximate surface area is 120 Å². The molecule has 0 spiro atoms. The molecule has 0 fully saturated rings. The van der Waals surface area contributed by atoms with Crippen LogP contribution in [0.4, 0.5) is 0 Å². The lowest BCUT2D eigenvalue weighted by Crippen LogP contribution is -2.14. The molecule has 0 saturated heterocycles. The van der Waals surface area contributed by atoms with Crippen molar-refractivity contribution in [2.75, 3.05) is 32.1 Å². The molecule has 1 heterocycles. The summed E-state index contributed by atoms with van der Waals surface area (Å²) in [4.78, 5) is 28.6. The molecule has 1 rings (SSSR count). The maximum Gasteiger partial charge on any atom is 0.267 e. The van der Waals surface area contributed by atoms with Crippen molar-refractivity contribution >= 4 is 33.3 Å². The second-order valence-electron chi connectivity index (χ2n) is 4.11. The second kappa shape index (κ2) is 8.19. The van der Waals surface area contributed by atoms with Crippen molar-refractivity contribution in [1.82, 2.24) is 9.88 Å². The van der Waals surface area contributed by atoms with Gasteiger partial charge in [-0.15, -0.1) is 0 Å². The van der Waals surface area contributed by atoms with Crippen LogP contribution in [0, 0.1) is 0 Å². The molecule has 1 aromatic heterocycles. The number of ketones is 1. The predicted octanol–water partition coefficient (Wildman–Crippen LogP) is 1.31. The van der Waals surface area contributed by atoms with Crippen LogP contribution in [0.1, 0.15) is 20.8 Å². The highest BCUT2D eigenvalue weighted by Gasteiger charge is 2.08. The Morgan fingerprint density at radius 1 is 1.32 bits per heavy atom. The number of Topliss-reactive ketones (excluding diaryl/α,β-unsaturated/α-hetero) is 1. The minimum Gasteiger partial charge on any atom is -0.364 e. The monoisotopic (exact) mass is 299 g/mol. The van der Waals surface area contributed by atoms with Gasteiger partial charge in [-0.3, -0.25) is 14.6 Å². The number of amides is 1.